The van der Waals surface area contributed by atoms with Gasteiger partial charge in [-0.2, -0.15) is 13.2 Å². The lowest BCUT2D eigenvalue weighted by atomic mass is 9.96. The Morgan fingerprint density at radius 1 is 0.966 bits per heavy atom. The van der Waals surface area contributed by atoms with Gasteiger partial charge in [0.1, 0.15) is 5.75 Å². The lowest BCUT2D eigenvalue weighted by molar-refractivity contribution is -0.138. The van der Waals surface area contributed by atoms with Crippen LogP contribution in [0, 0.1) is 0 Å². The molecule has 0 bridgehead atoms. The molecule has 29 heavy (non-hydrogen) atoms. The monoisotopic (exact) mass is 404 g/mol. The molecule has 0 aromatic heterocycles. The number of ether oxygens (including phenoxy) is 2. The summed E-state index contributed by atoms with van der Waals surface area (Å²) in [5, 5.41) is 0. The highest BCUT2D eigenvalue weighted by atomic mass is 19.4. The molecule has 0 aliphatic heterocycles. The molecule has 0 N–H and O–H groups in total. The lowest BCUT2D eigenvalue weighted by Gasteiger charge is -2.12. The minimum Gasteiger partial charge on any atom is -0.494 e. The van der Waals surface area contributed by atoms with E-state index >= 15 is 0 Å². The van der Waals surface area contributed by atoms with Crippen LogP contribution >= 0.6 is 0 Å². The fraction of sp³-hybridized carbons (Fsp3) is 0.261. The molecule has 2 aromatic carbocycles. The third kappa shape index (κ3) is 6.82. The topological polar surface area (TPSA) is 35.5 Å². The molecule has 0 saturated carbocycles. The van der Waals surface area contributed by atoms with Gasteiger partial charge >= 0.3 is 12.1 Å². The van der Waals surface area contributed by atoms with Gasteiger partial charge in [-0.05, 0) is 54.3 Å². The van der Waals surface area contributed by atoms with Crippen molar-refractivity contribution in [2.45, 2.75) is 26.4 Å². The van der Waals surface area contributed by atoms with Crippen LogP contribution in [0.4, 0.5) is 13.2 Å². The van der Waals surface area contributed by atoms with Gasteiger partial charge in [-0.1, -0.05) is 43.3 Å². The summed E-state index contributed by atoms with van der Waals surface area (Å²) >= 11 is 0. The molecule has 3 nitrogen and oxygen atoms in total. The van der Waals surface area contributed by atoms with E-state index in [0.717, 1.165) is 24.1 Å². The van der Waals surface area contributed by atoms with E-state index in [2.05, 4.69) is 0 Å². The van der Waals surface area contributed by atoms with Gasteiger partial charge in [-0.3, -0.25) is 0 Å². The average Bonchev–Trinajstić information content (AvgIpc) is 2.70. The maximum atomic E-state index is 12.9. The third-order valence-corrected chi connectivity index (χ3v) is 3.94. The summed E-state index contributed by atoms with van der Waals surface area (Å²) in [6.07, 6.45) is 0.946. The van der Waals surface area contributed by atoms with Crippen LogP contribution in [0.15, 0.2) is 66.8 Å². The second-order valence-electron chi connectivity index (χ2n) is 6.14. The zero-order valence-electron chi connectivity index (χ0n) is 16.3. The summed E-state index contributed by atoms with van der Waals surface area (Å²) in [5.74, 6) is 0.225. The molecule has 0 fully saturated rings. The van der Waals surface area contributed by atoms with Gasteiger partial charge in [-0.15, -0.1) is 0 Å². The van der Waals surface area contributed by atoms with E-state index < -0.39 is 17.7 Å². The Morgan fingerprint density at radius 3 is 2.07 bits per heavy atom. The summed E-state index contributed by atoms with van der Waals surface area (Å²) in [6.45, 7) is 4.58. The van der Waals surface area contributed by atoms with E-state index in [-0.39, 0.29) is 6.61 Å². The largest absolute Gasteiger partial charge is 0.494 e. The molecule has 0 radical (unpaired) electrons. The van der Waals surface area contributed by atoms with Crippen molar-refractivity contribution in [3.05, 3.63) is 83.4 Å². The van der Waals surface area contributed by atoms with Crippen molar-refractivity contribution in [3.63, 3.8) is 0 Å². The Morgan fingerprint density at radius 2 is 1.55 bits per heavy atom. The maximum Gasteiger partial charge on any atom is 0.416 e. The van der Waals surface area contributed by atoms with Crippen LogP contribution in [0.5, 0.6) is 5.75 Å². The number of benzene rings is 2. The van der Waals surface area contributed by atoms with Gasteiger partial charge in [0.05, 0.1) is 18.8 Å². The van der Waals surface area contributed by atoms with E-state index in [1.54, 1.807) is 25.1 Å². The third-order valence-electron chi connectivity index (χ3n) is 3.94. The van der Waals surface area contributed by atoms with Crippen LogP contribution in [-0.4, -0.2) is 19.2 Å². The van der Waals surface area contributed by atoms with Crippen LogP contribution in [-0.2, 0) is 15.7 Å². The number of halogens is 3. The van der Waals surface area contributed by atoms with Crippen molar-refractivity contribution in [2.24, 2.45) is 0 Å². The minimum atomic E-state index is -4.40. The zero-order chi connectivity index (χ0) is 21.3. The van der Waals surface area contributed by atoms with E-state index in [9.17, 15) is 18.0 Å². The molecule has 0 spiro atoms. The maximum absolute atomic E-state index is 12.9. The number of carbonyl (C=O) groups excluding carboxylic acids is 1. The van der Waals surface area contributed by atoms with Crippen molar-refractivity contribution in [2.75, 3.05) is 13.2 Å². The first kappa shape index (κ1) is 22.3. The standard InChI is InChI=1S/C23H23F3O3/c1-3-16-29-20-14-10-18(11-15-20)21(6-5-7-22(27)28-4-2)17-8-12-19(13-9-17)23(24,25)26/h5-15H,3-4,16H2,1-2H3/b7-5+,21-6-. The van der Waals surface area contributed by atoms with Gasteiger partial charge in [0, 0.05) is 6.08 Å². The van der Waals surface area contributed by atoms with Crippen LogP contribution < -0.4 is 4.74 Å². The number of esters is 1. The summed E-state index contributed by atoms with van der Waals surface area (Å²) in [6, 6.07) is 12.2. The Bertz CT molecular complexity index is 848. The normalized spacial score (nSPS) is 12.2. The molecular formula is C23H23F3O3. The highest BCUT2D eigenvalue weighted by molar-refractivity contribution is 5.85. The average molecular weight is 404 g/mol. The number of rotatable bonds is 8. The number of alkyl halides is 3. The minimum absolute atomic E-state index is 0.262. The molecule has 0 unspecified atom stereocenters. The van der Waals surface area contributed by atoms with Crippen molar-refractivity contribution in [1.29, 1.82) is 0 Å². The quantitative estimate of drug-likeness (QED) is 0.305. The van der Waals surface area contributed by atoms with Crippen molar-refractivity contribution < 1.29 is 27.4 Å². The van der Waals surface area contributed by atoms with Gasteiger partial charge in [0.25, 0.3) is 0 Å². The highest BCUT2D eigenvalue weighted by Gasteiger charge is 2.30. The van der Waals surface area contributed by atoms with E-state index in [1.165, 1.54) is 24.3 Å². The molecular weight excluding hydrogens is 381 g/mol. The molecule has 6 heteroatoms. The summed E-state index contributed by atoms with van der Waals surface area (Å²) in [4.78, 5) is 11.5. The molecule has 0 saturated heterocycles. The van der Waals surface area contributed by atoms with Crippen molar-refractivity contribution in [1.82, 2.24) is 0 Å². The summed E-state index contributed by atoms with van der Waals surface area (Å²) in [7, 11) is 0. The fourth-order valence-corrected chi connectivity index (χ4v) is 2.56. The molecule has 2 aromatic rings. The predicted molar refractivity (Wildman–Crippen MR) is 107 cm³/mol. The van der Waals surface area contributed by atoms with E-state index in [4.69, 9.17) is 9.47 Å². The first-order valence-corrected chi connectivity index (χ1v) is 9.31. The van der Waals surface area contributed by atoms with Crippen molar-refractivity contribution in [3.8, 4) is 5.75 Å². The molecule has 0 aliphatic carbocycles. The molecule has 0 aliphatic rings. The second kappa shape index (κ2) is 10.5. The van der Waals surface area contributed by atoms with Crippen LogP contribution in [0.3, 0.4) is 0 Å². The van der Waals surface area contributed by atoms with Crippen LogP contribution in [0.1, 0.15) is 37.0 Å². The van der Waals surface area contributed by atoms with Gasteiger partial charge in [0.2, 0.25) is 0 Å². The first-order valence-electron chi connectivity index (χ1n) is 9.31. The summed E-state index contributed by atoms with van der Waals surface area (Å²) in [5.41, 5.74) is 1.32. The Labute approximate surface area is 168 Å². The fourth-order valence-electron chi connectivity index (χ4n) is 2.56. The second-order valence-corrected chi connectivity index (χ2v) is 6.14. The molecule has 0 amide bonds. The molecule has 0 atom stereocenters. The number of carbonyl (C=O) groups is 1. The van der Waals surface area contributed by atoms with Crippen LogP contribution in [0.25, 0.3) is 5.57 Å². The van der Waals surface area contributed by atoms with E-state index in [1.807, 2.05) is 19.1 Å². The highest BCUT2D eigenvalue weighted by Crippen LogP contribution is 2.32. The number of hydrogen-bond donors (Lipinski definition) is 0. The van der Waals surface area contributed by atoms with Gasteiger partial charge in [-0.25, -0.2) is 4.79 Å². The van der Waals surface area contributed by atoms with Crippen molar-refractivity contribution >= 4 is 11.5 Å². The van der Waals surface area contributed by atoms with Gasteiger partial charge < -0.3 is 9.47 Å². The first-order chi connectivity index (χ1) is 13.8. The molecule has 2 rings (SSSR count). The number of allylic oxidation sites excluding steroid dienone is 2. The van der Waals surface area contributed by atoms with E-state index in [0.29, 0.717) is 23.5 Å². The zero-order valence-corrected chi connectivity index (χ0v) is 16.3. The van der Waals surface area contributed by atoms with Crippen LogP contribution in [0.2, 0.25) is 0 Å². The lowest BCUT2D eigenvalue weighted by Crippen LogP contribution is -2.04. The smallest absolute Gasteiger partial charge is 0.416 e. The van der Waals surface area contributed by atoms with Gasteiger partial charge in [0.15, 0.2) is 0 Å². The Hall–Kier alpha value is -3.02. The Kier molecular flexibility index (Phi) is 8.07. The Balaban J connectivity index is 2.36. The SMILES string of the molecule is CCCOc1ccc(/C(=C\C=C\C(=O)OCC)c2ccc(C(F)(F)F)cc2)cc1. The number of hydrogen-bond acceptors (Lipinski definition) is 3. The summed E-state index contributed by atoms with van der Waals surface area (Å²) < 4.78 is 49.0. The molecule has 0 heterocycles. The molecule has 154 valence electrons. The predicted octanol–water partition coefficient (Wildman–Crippen LogP) is 6.05.